The maximum Gasteiger partial charge on any atom is 0.251 e. The molecule has 33 heavy (non-hydrogen) atoms. The maximum atomic E-state index is 12.6. The van der Waals surface area contributed by atoms with Gasteiger partial charge in [-0.3, -0.25) is 19.5 Å². The van der Waals surface area contributed by atoms with Gasteiger partial charge in [0, 0.05) is 62.6 Å². The second-order valence-electron chi connectivity index (χ2n) is 9.74. The molecule has 1 aromatic carbocycles. The summed E-state index contributed by atoms with van der Waals surface area (Å²) in [5.41, 5.74) is 4.13. The van der Waals surface area contributed by atoms with Crippen LogP contribution < -0.4 is 5.32 Å². The first-order chi connectivity index (χ1) is 16.0. The van der Waals surface area contributed by atoms with Crippen LogP contribution in [0, 0.1) is 11.8 Å². The Bertz CT molecular complexity index is 1020. The van der Waals surface area contributed by atoms with Crippen LogP contribution in [0.3, 0.4) is 0 Å². The third kappa shape index (κ3) is 5.42. The zero-order valence-electron chi connectivity index (χ0n) is 18.9. The number of pyridine rings is 1. The van der Waals surface area contributed by atoms with Crippen molar-refractivity contribution in [2.75, 3.05) is 32.7 Å². The quantitative estimate of drug-likeness (QED) is 0.641. The molecule has 3 heterocycles. The summed E-state index contributed by atoms with van der Waals surface area (Å²) >= 11 is 0. The molecule has 7 heteroatoms. The Kier molecular flexibility index (Phi) is 6.42. The molecule has 1 atom stereocenters. The minimum Gasteiger partial charge on any atom is -0.390 e. The Morgan fingerprint density at radius 3 is 2.73 bits per heavy atom. The van der Waals surface area contributed by atoms with E-state index in [1.165, 1.54) is 11.1 Å². The highest BCUT2D eigenvalue weighted by molar-refractivity contribution is 5.94. The van der Waals surface area contributed by atoms with Crippen LogP contribution in [-0.2, 0) is 24.2 Å². The summed E-state index contributed by atoms with van der Waals surface area (Å²) in [5.74, 6) is 0.799. The number of nitrogens with one attached hydrogen (secondary N) is 1. The molecule has 7 nitrogen and oxygen atoms in total. The van der Waals surface area contributed by atoms with Crippen molar-refractivity contribution in [1.29, 1.82) is 0 Å². The van der Waals surface area contributed by atoms with Crippen molar-refractivity contribution in [3.63, 3.8) is 0 Å². The number of nitrogens with zero attached hydrogens (tertiary/aromatic N) is 3. The second kappa shape index (κ2) is 9.61. The third-order valence-corrected chi connectivity index (χ3v) is 6.95. The normalized spacial score (nSPS) is 19.5. The van der Waals surface area contributed by atoms with Gasteiger partial charge in [0.25, 0.3) is 5.91 Å². The average molecular weight is 449 g/mol. The number of hydrogen-bond acceptors (Lipinski definition) is 5. The summed E-state index contributed by atoms with van der Waals surface area (Å²) in [4.78, 5) is 33.3. The highest BCUT2D eigenvalue weighted by Crippen LogP contribution is 2.33. The lowest BCUT2D eigenvalue weighted by molar-refractivity contribution is -0.138. The molecule has 2 amide bonds. The molecule has 3 aliphatic rings. The van der Waals surface area contributed by atoms with Crippen LogP contribution in [0.5, 0.6) is 0 Å². The Morgan fingerprint density at radius 2 is 1.94 bits per heavy atom. The Balaban J connectivity index is 1.06. The highest BCUT2D eigenvalue weighted by atomic mass is 16.3. The van der Waals surface area contributed by atoms with Crippen LogP contribution in [0.4, 0.5) is 0 Å². The summed E-state index contributed by atoms with van der Waals surface area (Å²) in [6.07, 6.45) is 4.89. The number of amides is 2. The van der Waals surface area contributed by atoms with Gasteiger partial charge in [0.05, 0.1) is 6.10 Å². The monoisotopic (exact) mass is 448 g/mol. The van der Waals surface area contributed by atoms with Crippen molar-refractivity contribution < 1.29 is 14.7 Å². The van der Waals surface area contributed by atoms with Crippen molar-refractivity contribution in [3.05, 3.63) is 65.0 Å². The molecule has 2 aromatic rings. The van der Waals surface area contributed by atoms with E-state index >= 15 is 0 Å². The van der Waals surface area contributed by atoms with Gasteiger partial charge in [0.15, 0.2) is 0 Å². The van der Waals surface area contributed by atoms with E-state index in [0.29, 0.717) is 23.9 Å². The van der Waals surface area contributed by atoms with E-state index in [4.69, 9.17) is 0 Å². The topological polar surface area (TPSA) is 85.8 Å². The molecule has 1 saturated heterocycles. The van der Waals surface area contributed by atoms with Crippen LogP contribution in [-0.4, -0.2) is 70.5 Å². The number of hydrogen-bond donors (Lipinski definition) is 2. The fourth-order valence-electron chi connectivity index (χ4n) is 4.88. The fourth-order valence-corrected chi connectivity index (χ4v) is 4.88. The Morgan fingerprint density at radius 1 is 1.15 bits per heavy atom. The van der Waals surface area contributed by atoms with E-state index in [-0.39, 0.29) is 18.4 Å². The zero-order valence-corrected chi connectivity index (χ0v) is 18.9. The van der Waals surface area contributed by atoms with E-state index in [1.54, 1.807) is 12.3 Å². The molecular weight excluding hydrogens is 416 g/mol. The first-order valence-corrected chi connectivity index (χ1v) is 12.0. The standard InChI is InChI=1S/C26H32N4O3/c31-24(17-29-10-8-19-3-1-2-4-22(19)16-29)13-28-25(32)21-7-9-27-23(12-21)11-18-14-30(15-18)26(33)20-5-6-20/h1-4,7,9,12,18,20,24,31H,5-6,8,10-11,13-17H2,(H,28,32)/t24-/m0/s1. The number of carbonyl (C=O) groups is 2. The molecule has 0 bridgehead atoms. The summed E-state index contributed by atoms with van der Waals surface area (Å²) in [5, 5.41) is 13.3. The van der Waals surface area contributed by atoms with Crippen LogP contribution in [0.1, 0.15) is 40.0 Å². The Hall–Kier alpha value is -2.77. The number of benzene rings is 1. The van der Waals surface area contributed by atoms with Crippen molar-refractivity contribution in [2.45, 2.75) is 38.3 Å². The minimum atomic E-state index is -0.620. The van der Waals surface area contributed by atoms with Crippen LogP contribution >= 0.6 is 0 Å². The van der Waals surface area contributed by atoms with E-state index in [2.05, 4.69) is 39.5 Å². The number of fused-ring (bicyclic) bond motifs is 1. The molecule has 2 aliphatic heterocycles. The van der Waals surface area contributed by atoms with Crippen LogP contribution in [0.2, 0.25) is 0 Å². The molecule has 1 saturated carbocycles. The van der Waals surface area contributed by atoms with E-state index in [9.17, 15) is 14.7 Å². The molecule has 0 radical (unpaired) electrons. The van der Waals surface area contributed by atoms with Gasteiger partial charge in [-0.2, -0.15) is 0 Å². The lowest BCUT2D eigenvalue weighted by atomic mass is 9.93. The van der Waals surface area contributed by atoms with Crippen LogP contribution in [0.25, 0.3) is 0 Å². The zero-order chi connectivity index (χ0) is 22.8. The van der Waals surface area contributed by atoms with Gasteiger partial charge in [-0.05, 0) is 54.9 Å². The first kappa shape index (κ1) is 22.0. The lowest BCUT2D eigenvalue weighted by Gasteiger charge is -2.39. The number of aromatic nitrogens is 1. The number of carbonyl (C=O) groups excluding carboxylic acids is 2. The van der Waals surface area contributed by atoms with Crippen molar-refractivity contribution in [2.24, 2.45) is 11.8 Å². The predicted octanol–water partition coefficient (Wildman–Crippen LogP) is 1.64. The predicted molar refractivity (Wildman–Crippen MR) is 124 cm³/mol. The van der Waals surface area contributed by atoms with Crippen molar-refractivity contribution >= 4 is 11.8 Å². The van der Waals surface area contributed by atoms with E-state index < -0.39 is 6.10 Å². The average Bonchev–Trinajstić information content (AvgIpc) is 3.65. The van der Waals surface area contributed by atoms with Gasteiger partial charge < -0.3 is 15.3 Å². The van der Waals surface area contributed by atoms with Crippen molar-refractivity contribution in [3.8, 4) is 0 Å². The lowest BCUT2D eigenvalue weighted by Crippen LogP contribution is -2.51. The largest absolute Gasteiger partial charge is 0.390 e. The van der Waals surface area contributed by atoms with Gasteiger partial charge in [0.1, 0.15) is 0 Å². The van der Waals surface area contributed by atoms with Crippen molar-refractivity contribution in [1.82, 2.24) is 20.1 Å². The molecule has 0 spiro atoms. The fraction of sp³-hybridized carbons (Fsp3) is 0.500. The third-order valence-electron chi connectivity index (χ3n) is 6.95. The summed E-state index contributed by atoms with van der Waals surface area (Å²) in [7, 11) is 0. The summed E-state index contributed by atoms with van der Waals surface area (Å²) in [6.45, 7) is 4.09. The minimum absolute atomic E-state index is 0.194. The second-order valence-corrected chi connectivity index (χ2v) is 9.74. The van der Waals surface area contributed by atoms with Gasteiger partial charge in [0.2, 0.25) is 5.91 Å². The van der Waals surface area contributed by atoms with E-state index in [1.807, 2.05) is 11.0 Å². The summed E-state index contributed by atoms with van der Waals surface area (Å²) in [6, 6.07) is 12.0. The van der Waals surface area contributed by atoms with Gasteiger partial charge in [-0.25, -0.2) is 0 Å². The van der Waals surface area contributed by atoms with Gasteiger partial charge >= 0.3 is 0 Å². The number of aliphatic hydroxyl groups excluding tert-OH is 1. The molecule has 174 valence electrons. The highest BCUT2D eigenvalue weighted by Gasteiger charge is 2.39. The molecule has 5 rings (SSSR count). The van der Waals surface area contributed by atoms with Gasteiger partial charge in [-0.15, -0.1) is 0 Å². The summed E-state index contributed by atoms with van der Waals surface area (Å²) < 4.78 is 0. The molecule has 1 aliphatic carbocycles. The number of β-amino-alcohol motifs (C(OH)–C–C–N with tert-alkyl or cyclic N) is 1. The number of likely N-dealkylation sites (tertiary alicyclic amines) is 1. The Labute approximate surface area is 194 Å². The van der Waals surface area contributed by atoms with Crippen LogP contribution in [0.15, 0.2) is 42.6 Å². The van der Waals surface area contributed by atoms with Gasteiger partial charge in [-0.1, -0.05) is 24.3 Å². The smallest absolute Gasteiger partial charge is 0.251 e. The molecule has 2 fully saturated rings. The van der Waals surface area contributed by atoms with E-state index in [0.717, 1.165) is 57.6 Å². The first-order valence-electron chi connectivity index (χ1n) is 12.0. The SMILES string of the molecule is O=C(NC[C@H](O)CN1CCc2ccccc2C1)c1ccnc(CC2CN(C(=O)C3CC3)C2)c1. The molecule has 0 unspecified atom stereocenters. The molecular formula is C26H32N4O3. The molecule has 2 N–H and O–H groups in total. The number of rotatable bonds is 8. The molecule has 1 aromatic heterocycles. The maximum absolute atomic E-state index is 12.6. The number of aliphatic hydroxyl groups is 1.